The Balaban J connectivity index is 2.24. The van der Waals surface area contributed by atoms with Crippen molar-refractivity contribution in [3.63, 3.8) is 0 Å². The van der Waals surface area contributed by atoms with E-state index in [1.165, 1.54) is 11.3 Å². The molecule has 0 aromatic carbocycles. The van der Waals surface area contributed by atoms with Crippen LogP contribution in [0.5, 0.6) is 0 Å². The van der Waals surface area contributed by atoms with Crippen LogP contribution in [0.2, 0.25) is 4.34 Å². The largest absolute Gasteiger partial charge is 0.299 e. The number of hydrogen-bond acceptors (Lipinski definition) is 2. The summed E-state index contributed by atoms with van der Waals surface area (Å²) < 4.78 is 0.792. The maximum Gasteiger partial charge on any atom is 0.140 e. The summed E-state index contributed by atoms with van der Waals surface area (Å²) in [7, 11) is 0. The van der Waals surface area contributed by atoms with Gasteiger partial charge in [-0.1, -0.05) is 18.0 Å². The van der Waals surface area contributed by atoms with Gasteiger partial charge in [0.1, 0.15) is 5.78 Å². The highest BCUT2D eigenvalue weighted by Crippen LogP contribution is 2.36. The number of rotatable bonds is 1. The molecule has 0 radical (unpaired) electrons. The van der Waals surface area contributed by atoms with Crippen LogP contribution in [0.25, 0.3) is 0 Å². The van der Waals surface area contributed by atoms with Crippen LogP contribution < -0.4 is 0 Å². The number of carbonyl (C=O) groups excluding carboxylic acids is 1. The minimum Gasteiger partial charge on any atom is -0.299 e. The van der Waals surface area contributed by atoms with E-state index in [4.69, 9.17) is 11.6 Å². The summed E-state index contributed by atoms with van der Waals surface area (Å²) in [4.78, 5) is 11.6. The monoisotopic (exact) mass is 214 g/mol. The molecule has 1 fully saturated rings. The molecule has 13 heavy (non-hydrogen) atoms. The fourth-order valence-corrected chi connectivity index (χ4v) is 2.90. The molecule has 0 spiro atoms. The fraction of sp³-hybridized carbons (Fsp3) is 0.500. The molecule has 2 rings (SSSR count). The number of halogens is 1. The van der Waals surface area contributed by atoms with Crippen LogP contribution in [0.4, 0.5) is 0 Å². The van der Waals surface area contributed by atoms with Gasteiger partial charge in [-0.25, -0.2) is 0 Å². The summed E-state index contributed by atoms with van der Waals surface area (Å²) in [5.74, 6) is 0.457. The molecular formula is C10H11ClOS. The van der Waals surface area contributed by atoms with Gasteiger partial charge < -0.3 is 0 Å². The molecule has 0 aliphatic heterocycles. The Bertz CT molecular complexity index is 318. The van der Waals surface area contributed by atoms with Crippen molar-refractivity contribution in [2.75, 3.05) is 0 Å². The van der Waals surface area contributed by atoms with E-state index in [1.807, 2.05) is 11.4 Å². The van der Waals surface area contributed by atoms with Crippen LogP contribution in [-0.4, -0.2) is 5.78 Å². The third kappa shape index (κ3) is 1.79. The van der Waals surface area contributed by atoms with Gasteiger partial charge in [0.25, 0.3) is 0 Å². The van der Waals surface area contributed by atoms with E-state index in [0.717, 1.165) is 35.6 Å². The number of thiophene rings is 1. The molecule has 1 aliphatic rings. The molecule has 1 aromatic heterocycles. The van der Waals surface area contributed by atoms with Gasteiger partial charge in [0.2, 0.25) is 0 Å². The van der Waals surface area contributed by atoms with Crippen molar-refractivity contribution in [2.24, 2.45) is 0 Å². The normalized spacial score (nSPS) is 23.5. The molecule has 3 heteroatoms. The minimum absolute atomic E-state index is 0.0903. The smallest absolute Gasteiger partial charge is 0.140 e. The molecule has 0 amide bonds. The summed E-state index contributed by atoms with van der Waals surface area (Å²) in [6.07, 6.45) is 3.92. The number of hydrogen-bond donors (Lipinski definition) is 0. The molecule has 1 heterocycles. The van der Waals surface area contributed by atoms with Crippen LogP contribution >= 0.6 is 22.9 Å². The highest BCUT2D eigenvalue weighted by atomic mass is 35.5. The van der Waals surface area contributed by atoms with Gasteiger partial charge in [0.15, 0.2) is 0 Å². The molecule has 0 saturated heterocycles. The Labute approximate surface area is 86.7 Å². The molecule has 1 atom stereocenters. The van der Waals surface area contributed by atoms with Crippen LogP contribution in [0, 0.1) is 0 Å². The van der Waals surface area contributed by atoms with E-state index in [0.29, 0.717) is 5.78 Å². The second-order valence-electron chi connectivity index (χ2n) is 3.41. The molecule has 1 aliphatic carbocycles. The molecule has 1 aromatic rings. The van der Waals surface area contributed by atoms with E-state index in [1.54, 1.807) is 0 Å². The first-order chi connectivity index (χ1) is 6.29. The molecule has 0 bridgehead atoms. The molecule has 0 N–H and O–H groups in total. The van der Waals surface area contributed by atoms with E-state index in [9.17, 15) is 4.79 Å². The Morgan fingerprint density at radius 2 is 2.31 bits per heavy atom. The molecular weight excluding hydrogens is 204 g/mol. The number of carbonyl (C=O) groups is 1. The fourth-order valence-electron chi connectivity index (χ4n) is 1.87. The first-order valence-corrected chi connectivity index (χ1v) is 5.80. The van der Waals surface area contributed by atoms with E-state index in [2.05, 4.69) is 0 Å². The van der Waals surface area contributed by atoms with E-state index >= 15 is 0 Å². The van der Waals surface area contributed by atoms with Gasteiger partial charge >= 0.3 is 0 Å². The lowest BCUT2D eigenvalue weighted by molar-refractivity contribution is -0.121. The van der Waals surface area contributed by atoms with Crippen molar-refractivity contribution in [1.82, 2.24) is 0 Å². The lowest BCUT2D eigenvalue weighted by Gasteiger charge is -2.19. The molecule has 70 valence electrons. The van der Waals surface area contributed by atoms with Crippen molar-refractivity contribution in [3.05, 3.63) is 21.3 Å². The molecule has 1 saturated carbocycles. The van der Waals surface area contributed by atoms with Gasteiger partial charge in [0.05, 0.1) is 4.34 Å². The lowest BCUT2D eigenvalue weighted by atomic mass is 9.84. The Morgan fingerprint density at radius 1 is 1.46 bits per heavy atom. The minimum atomic E-state index is 0.0903. The molecule has 1 nitrogen and oxygen atoms in total. The lowest BCUT2D eigenvalue weighted by Crippen LogP contribution is -2.16. The number of ketones is 1. The number of Topliss-reactive ketones (excluding diaryl/α,β-unsaturated/α-hetero) is 1. The third-order valence-corrected chi connectivity index (χ3v) is 3.78. The van der Waals surface area contributed by atoms with E-state index < -0.39 is 0 Å². The SMILES string of the molecule is O=C1CCCCC1c1ccsc1Cl. The maximum absolute atomic E-state index is 11.6. The standard InChI is InChI=1S/C10H11ClOS/c11-10-8(5-6-13-10)7-3-1-2-4-9(7)12/h5-7H,1-4H2. The predicted molar refractivity (Wildman–Crippen MR) is 55.5 cm³/mol. The summed E-state index contributed by atoms with van der Waals surface area (Å²) in [6.45, 7) is 0. The van der Waals surface area contributed by atoms with Crippen molar-refractivity contribution < 1.29 is 4.79 Å². The van der Waals surface area contributed by atoms with Gasteiger partial charge in [-0.3, -0.25) is 4.79 Å². The first kappa shape index (κ1) is 9.22. The quantitative estimate of drug-likeness (QED) is 0.698. The van der Waals surface area contributed by atoms with E-state index in [-0.39, 0.29) is 5.92 Å². The average molecular weight is 215 g/mol. The highest BCUT2D eigenvalue weighted by molar-refractivity contribution is 7.14. The van der Waals surface area contributed by atoms with Gasteiger partial charge in [-0.15, -0.1) is 11.3 Å². The van der Waals surface area contributed by atoms with Crippen LogP contribution in [0.1, 0.15) is 37.2 Å². The first-order valence-electron chi connectivity index (χ1n) is 4.54. The van der Waals surface area contributed by atoms with Gasteiger partial charge in [0, 0.05) is 12.3 Å². The topological polar surface area (TPSA) is 17.1 Å². The summed E-state index contributed by atoms with van der Waals surface area (Å²) in [5.41, 5.74) is 1.05. The maximum atomic E-state index is 11.6. The second-order valence-corrected chi connectivity index (χ2v) is 4.93. The predicted octanol–water partition coefficient (Wildman–Crippen LogP) is 3.63. The van der Waals surface area contributed by atoms with Crippen molar-refractivity contribution in [3.8, 4) is 0 Å². The second kappa shape index (κ2) is 3.81. The Morgan fingerprint density at radius 3 is 2.92 bits per heavy atom. The van der Waals surface area contributed by atoms with Crippen LogP contribution in [0.15, 0.2) is 11.4 Å². The van der Waals surface area contributed by atoms with Crippen molar-refractivity contribution in [2.45, 2.75) is 31.6 Å². The van der Waals surface area contributed by atoms with Crippen molar-refractivity contribution >= 4 is 28.7 Å². The highest BCUT2D eigenvalue weighted by Gasteiger charge is 2.25. The summed E-state index contributed by atoms with van der Waals surface area (Å²) >= 11 is 7.52. The van der Waals surface area contributed by atoms with Gasteiger partial charge in [-0.05, 0) is 29.9 Å². The zero-order chi connectivity index (χ0) is 9.26. The van der Waals surface area contributed by atoms with Crippen LogP contribution in [-0.2, 0) is 4.79 Å². The average Bonchev–Trinajstić information content (AvgIpc) is 2.52. The summed E-state index contributed by atoms with van der Waals surface area (Å²) in [5, 5.41) is 1.96. The summed E-state index contributed by atoms with van der Waals surface area (Å²) in [6, 6.07) is 1.99. The van der Waals surface area contributed by atoms with Gasteiger partial charge in [-0.2, -0.15) is 0 Å². The van der Waals surface area contributed by atoms with Crippen molar-refractivity contribution in [1.29, 1.82) is 0 Å². The third-order valence-electron chi connectivity index (χ3n) is 2.58. The van der Waals surface area contributed by atoms with Crippen LogP contribution in [0.3, 0.4) is 0 Å². The molecule has 1 unspecified atom stereocenters. The Kier molecular flexibility index (Phi) is 2.70. The Hall–Kier alpha value is -0.340. The zero-order valence-electron chi connectivity index (χ0n) is 7.25. The zero-order valence-corrected chi connectivity index (χ0v) is 8.83.